The maximum absolute atomic E-state index is 12.6. The Labute approximate surface area is 119 Å². The number of halogens is 3. The van der Waals surface area contributed by atoms with E-state index in [1.807, 2.05) is 5.43 Å². The first kappa shape index (κ1) is 17.4. The number of nitrogens with zero attached hydrogens (tertiary/aromatic N) is 2. The Morgan fingerprint density at radius 2 is 1.95 bits per heavy atom. The molecule has 0 saturated heterocycles. The summed E-state index contributed by atoms with van der Waals surface area (Å²) in [4.78, 5) is 6.50. The monoisotopic (exact) mass is 310 g/mol. The molecule has 1 rings (SSSR count). The number of aromatic nitrogens is 2. The molecule has 0 amide bonds. The third-order valence-electron chi connectivity index (χ3n) is 2.22. The lowest BCUT2D eigenvalue weighted by Crippen LogP contribution is -2.17. The topological polar surface area (TPSA) is 91.5 Å². The molecule has 120 valence electrons. The molecule has 21 heavy (non-hydrogen) atoms. The summed E-state index contributed by atoms with van der Waals surface area (Å²) in [5.74, 6) is 3.36. The molecule has 1 aromatic rings. The number of hydrogen-bond acceptors (Lipinski definition) is 7. The fourth-order valence-electron chi connectivity index (χ4n) is 1.28. The van der Waals surface area contributed by atoms with E-state index in [0.29, 0.717) is 26.2 Å². The van der Waals surface area contributed by atoms with Crippen molar-refractivity contribution in [3.8, 4) is 5.88 Å². The molecular formula is C11H17F3N4O3. The summed E-state index contributed by atoms with van der Waals surface area (Å²) in [6, 6.07) is 1.18. The summed E-state index contributed by atoms with van der Waals surface area (Å²) < 4.78 is 52.8. The minimum atomic E-state index is -4.67. The predicted molar refractivity (Wildman–Crippen MR) is 67.7 cm³/mol. The zero-order chi connectivity index (χ0) is 15.7. The van der Waals surface area contributed by atoms with Gasteiger partial charge in [-0.25, -0.2) is 10.8 Å². The van der Waals surface area contributed by atoms with E-state index >= 15 is 0 Å². The van der Waals surface area contributed by atoms with Gasteiger partial charge in [-0.3, -0.25) is 0 Å². The van der Waals surface area contributed by atoms with Crippen molar-refractivity contribution in [2.24, 2.45) is 5.84 Å². The average Bonchev–Trinajstić information content (AvgIpc) is 2.45. The summed E-state index contributed by atoms with van der Waals surface area (Å²) in [7, 11) is 1.56. The minimum absolute atomic E-state index is 0.158. The predicted octanol–water partition coefficient (Wildman–Crippen LogP) is 1.21. The number of nitrogens with one attached hydrogen (secondary N) is 1. The van der Waals surface area contributed by atoms with E-state index in [0.717, 1.165) is 0 Å². The highest BCUT2D eigenvalue weighted by atomic mass is 19.4. The van der Waals surface area contributed by atoms with E-state index < -0.39 is 12.0 Å². The van der Waals surface area contributed by atoms with Gasteiger partial charge in [0.15, 0.2) is 0 Å². The van der Waals surface area contributed by atoms with Crippen LogP contribution in [0.15, 0.2) is 6.07 Å². The first-order valence-electron chi connectivity index (χ1n) is 6.09. The highest BCUT2D eigenvalue weighted by Gasteiger charge is 2.35. The summed E-state index contributed by atoms with van der Waals surface area (Å²) in [6.07, 6.45) is -4.17. The lowest BCUT2D eigenvalue weighted by atomic mass is 10.4. The van der Waals surface area contributed by atoms with Crippen LogP contribution in [-0.4, -0.2) is 43.5 Å². The number of hydrogen-bond donors (Lipinski definition) is 2. The molecular weight excluding hydrogens is 293 g/mol. The lowest BCUT2D eigenvalue weighted by Gasteiger charge is -2.11. The number of anilines is 1. The molecule has 0 bridgehead atoms. The molecule has 0 saturated carbocycles. The molecule has 0 fully saturated rings. The lowest BCUT2D eigenvalue weighted by molar-refractivity contribution is -0.145. The Balaban J connectivity index is 2.47. The van der Waals surface area contributed by atoms with Gasteiger partial charge in [-0.15, -0.1) is 0 Å². The van der Waals surface area contributed by atoms with Gasteiger partial charge in [0.1, 0.15) is 5.82 Å². The van der Waals surface area contributed by atoms with Crippen LogP contribution in [0.5, 0.6) is 5.88 Å². The fraction of sp³-hybridized carbons (Fsp3) is 0.636. The standard InChI is InChI=1S/C11H17F3N4O3/c1-19-5-6-20-3-2-4-21-9-7-8(18-15)16-10(17-9)11(12,13)14/h7H,2-6,15H2,1H3,(H,16,17,18). The Morgan fingerprint density at radius 1 is 1.19 bits per heavy atom. The van der Waals surface area contributed by atoms with Gasteiger partial charge in [-0.05, 0) is 0 Å². The second-order valence-corrected chi connectivity index (χ2v) is 3.86. The average molecular weight is 310 g/mol. The molecule has 0 radical (unpaired) electrons. The maximum atomic E-state index is 12.6. The van der Waals surface area contributed by atoms with E-state index in [9.17, 15) is 13.2 Å². The molecule has 0 aliphatic heterocycles. The molecule has 0 aliphatic carbocycles. The molecule has 0 spiro atoms. The van der Waals surface area contributed by atoms with Crippen molar-refractivity contribution in [2.45, 2.75) is 12.6 Å². The minimum Gasteiger partial charge on any atom is -0.477 e. The Kier molecular flexibility index (Phi) is 7.12. The fourth-order valence-corrected chi connectivity index (χ4v) is 1.28. The quantitative estimate of drug-likeness (QED) is 0.402. The summed E-state index contributed by atoms with van der Waals surface area (Å²) >= 11 is 0. The van der Waals surface area contributed by atoms with E-state index in [-0.39, 0.29) is 18.3 Å². The molecule has 3 N–H and O–H groups in total. The molecule has 1 aromatic heterocycles. The normalized spacial score (nSPS) is 11.5. The van der Waals surface area contributed by atoms with E-state index in [1.165, 1.54) is 6.07 Å². The van der Waals surface area contributed by atoms with Gasteiger partial charge in [0, 0.05) is 26.2 Å². The highest BCUT2D eigenvalue weighted by Crippen LogP contribution is 2.28. The Bertz CT molecular complexity index is 432. The number of methoxy groups -OCH3 is 1. The van der Waals surface area contributed by atoms with Crippen LogP contribution in [0.4, 0.5) is 19.0 Å². The van der Waals surface area contributed by atoms with Crippen LogP contribution in [0.1, 0.15) is 12.2 Å². The second kappa shape index (κ2) is 8.60. The van der Waals surface area contributed by atoms with Gasteiger partial charge in [0.25, 0.3) is 0 Å². The van der Waals surface area contributed by atoms with Crippen molar-refractivity contribution in [1.82, 2.24) is 9.97 Å². The number of nitrogens with two attached hydrogens (primary N) is 1. The van der Waals surface area contributed by atoms with Gasteiger partial charge >= 0.3 is 6.18 Å². The van der Waals surface area contributed by atoms with Crippen LogP contribution in [0.2, 0.25) is 0 Å². The van der Waals surface area contributed by atoms with E-state index in [1.54, 1.807) is 7.11 Å². The first-order chi connectivity index (χ1) is 9.97. The third kappa shape index (κ3) is 6.56. The SMILES string of the molecule is COCCOCCCOc1cc(NN)nc(C(F)(F)F)n1. The second-order valence-electron chi connectivity index (χ2n) is 3.86. The van der Waals surface area contributed by atoms with Gasteiger partial charge in [-0.1, -0.05) is 0 Å². The van der Waals surface area contributed by atoms with Crippen LogP contribution in [0.3, 0.4) is 0 Å². The molecule has 1 heterocycles. The molecule has 0 unspecified atom stereocenters. The number of alkyl halides is 3. The van der Waals surface area contributed by atoms with Gasteiger partial charge in [-0.2, -0.15) is 18.2 Å². The van der Waals surface area contributed by atoms with Crippen molar-refractivity contribution in [3.05, 3.63) is 11.9 Å². The van der Waals surface area contributed by atoms with Crippen LogP contribution in [0.25, 0.3) is 0 Å². The van der Waals surface area contributed by atoms with Crippen molar-refractivity contribution < 1.29 is 27.4 Å². The molecule has 0 aromatic carbocycles. The smallest absolute Gasteiger partial charge is 0.451 e. The van der Waals surface area contributed by atoms with Crippen molar-refractivity contribution >= 4 is 5.82 Å². The number of hydrazine groups is 1. The third-order valence-corrected chi connectivity index (χ3v) is 2.22. The van der Waals surface area contributed by atoms with Crippen LogP contribution in [-0.2, 0) is 15.7 Å². The summed E-state index contributed by atoms with van der Waals surface area (Å²) in [5.41, 5.74) is 2.03. The van der Waals surface area contributed by atoms with Gasteiger partial charge in [0.2, 0.25) is 11.7 Å². The molecule has 10 heteroatoms. The van der Waals surface area contributed by atoms with E-state index in [2.05, 4.69) is 9.97 Å². The van der Waals surface area contributed by atoms with Crippen LogP contribution >= 0.6 is 0 Å². The number of nitrogen functional groups attached to an aromatic ring is 1. The highest BCUT2D eigenvalue weighted by molar-refractivity contribution is 5.37. The van der Waals surface area contributed by atoms with Gasteiger partial charge < -0.3 is 19.6 Å². The molecule has 0 atom stereocenters. The number of ether oxygens (including phenoxy) is 3. The zero-order valence-corrected chi connectivity index (χ0v) is 11.4. The first-order valence-corrected chi connectivity index (χ1v) is 6.09. The number of rotatable bonds is 9. The molecule has 0 aliphatic rings. The maximum Gasteiger partial charge on any atom is 0.451 e. The van der Waals surface area contributed by atoms with Crippen LogP contribution < -0.4 is 16.0 Å². The Morgan fingerprint density at radius 3 is 2.57 bits per heavy atom. The van der Waals surface area contributed by atoms with Gasteiger partial charge in [0.05, 0.1) is 19.8 Å². The van der Waals surface area contributed by atoms with Crippen molar-refractivity contribution in [1.29, 1.82) is 0 Å². The Hall–Kier alpha value is -1.65. The van der Waals surface area contributed by atoms with Crippen LogP contribution in [0, 0.1) is 0 Å². The summed E-state index contributed by atoms with van der Waals surface area (Å²) in [6.45, 7) is 1.49. The molecule has 7 nitrogen and oxygen atoms in total. The van der Waals surface area contributed by atoms with E-state index in [4.69, 9.17) is 20.1 Å². The van der Waals surface area contributed by atoms with Crippen molar-refractivity contribution in [2.75, 3.05) is 39.0 Å². The van der Waals surface area contributed by atoms with Crippen molar-refractivity contribution in [3.63, 3.8) is 0 Å². The zero-order valence-electron chi connectivity index (χ0n) is 11.4. The largest absolute Gasteiger partial charge is 0.477 e. The summed E-state index contributed by atoms with van der Waals surface area (Å²) in [5, 5.41) is 0.